The van der Waals surface area contributed by atoms with Crippen LogP contribution in [0.4, 0.5) is 4.79 Å². The molecule has 0 aliphatic carbocycles. The number of aromatic hydroxyl groups is 1. The molecular formula is C50H59N9O6. The Kier molecular flexibility index (Phi) is 15.1. The molecule has 1 aliphatic heterocycles. The van der Waals surface area contributed by atoms with Gasteiger partial charge in [0.1, 0.15) is 12.1 Å². The topological polar surface area (TPSA) is 189 Å². The van der Waals surface area contributed by atoms with E-state index in [4.69, 9.17) is 0 Å². The van der Waals surface area contributed by atoms with Crippen LogP contribution in [0.15, 0.2) is 127 Å². The van der Waals surface area contributed by atoms with Crippen LogP contribution in [0.5, 0.6) is 5.88 Å². The van der Waals surface area contributed by atoms with Gasteiger partial charge in [-0.25, -0.2) is 14.6 Å². The van der Waals surface area contributed by atoms with Crippen molar-refractivity contribution in [2.24, 2.45) is 11.8 Å². The highest BCUT2D eigenvalue weighted by atomic mass is 16.3. The fourth-order valence-electron chi connectivity index (χ4n) is 8.60. The number of hydrogen-bond acceptors (Lipinski definition) is 9. The van der Waals surface area contributed by atoms with Crippen LogP contribution in [0, 0.1) is 11.8 Å². The van der Waals surface area contributed by atoms with Crippen molar-refractivity contribution in [2.75, 3.05) is 19.6 Å². The third kappa shape index (κ3) is 11.1. The van der Waals surface area contributed by atoms with Crippen molar-refractivity contribution >= 4 is 28.7 Å². The van der Waals surface area contributed by atoms with E-state index in [0.29, 0.717) is 32.5 Å². The average Bonchev–Trinajstić information content (AvgIpc) is 3.84. The van der Waals surface area contributed by atoms with Gasteiger partial charge in [0.2, 0.25) is 11.8 Å². The molecule has 4 heterocycles. The molecule has 3 aromatic heterocycles. The number of aliphatic hydroxyl groups is 1. The molecule has 3 aromatic carbocycles. The monoisotopic (exact) mass is 881 g/mol. The second-order valence-electron chi connectivity index (χ2n) is 17.0. The number of H-pyrrole nitrogens is 1. The number of nitrogens with zero attached hydrogens (tertiary/aromatic N) is 6. The quantitative estimate of drug-likeness (QED) is 0.0569. The molecule has 15 nitrogen and oxygen atoms in total. The minimum atomic E-state index is -1.24. The van der Waals surface area contributed by atoms with E-state index in [2.05, 4.69) is 25.7 Å². The lowest BCUT2D eigenvalue weighted by atomic mass is 9.95. The maximum atomic E-state index is 14.7. The van der Waals surface area contributed by atoms with Crippen LogP contribution in [0.25, 0.3) is 22.2 Å². The molecule has 5 N–H and O–H groups in total. The zero-order valence-corrected chi connectivity index (χ0v) is 37.4. The number of hydrazine groups is 1. The van der Waals surface area contributed by atoms with Crippen LogP contribution < -0.4 is 16.4 Å². The highest BCUT2D eigenvalue weighted by molar-refractivity contribution is 5.89. The summed E-state index contributed by atoms with van der Waals surface area (Å²) in [4.78, 5) is 70.9. The number of aromatic nitrogens is 4. The van der Waals surface area contributed by atoms with Crippen molar-refractivity contribution in [3.63, 3.8) is 0 Å². The lowest BCUT2D eigenvalue weighted by molar-refractivity contribution is -0.133. The van der Waals surface area contributed by atoms with Crippen LogP contribution in [0.1, 0.15) is 63.3 Å². The molecule has 1 saturated heterocycles. The standard InChI is InChI=1S/C50H59N9O6/c1-5-33(3)45(58-27-26-56(50(58)65)30-38-23-25-52-41-18-11-10-16-39(38)41)47(62)53-42(28-35-14-8-7-9-15-35)43(60)31-57(29-36-19-21-37(22-20-36)40-17-12-13-24-51-40)55-48(63)46(34(4)6-2)59-32-44(61)54-49(59)64/h7-25,32-34,42-43,45-46,60-61H,5-6,26-31H2,1-4H3,(H,53,62)(H,54,64)(H,55,63). The molecule has 65 heavy (non-hydrogen) atoms. The summed E-state index contributed by atoms with van der Waals surface area (Å²) < 4.78 is 1.18. The number of pyridine rings is 2. The largest absolute Gasteiger partial charge is 0.493 e. The molecule has 0 spiro atoms. The van der Waals surface area contributed by atoms with Gasteiger partial charge in [-0.2, -0.15) is 0 Å². The molecule has 1 fully saturated rings. The molecule has 15 heteroatoms. The number of fused-ring (bicyclic) bond motifs is 1. The van der Waals surface area contributed by atoms with Crippen molar-refractivity contribution in [2.45, 2.75) is 84.3 Å². The number of imidazole rings is 1. The van der Waals surface area contributed by atoms with Crippen molar-refractivity contribution < 1.29 is 24.6 Å². The lowest BCUT2D eigenvalue weighted by Gasteiger charge is -2.35. The normalized spacial score (nSPS) is 15.7. The summed E-state index contributed by atoms with van der Waals surface area (Å²) in [5.41, 5.74) is 7.56. The number of benzene rings is 3. The first-order valence-corrected chi connectivity index (χ1v) is 22.4. The Labute approximate surface area is 379 Å². The van der Waals surface area contributed by atoms with Gasteiger partial charge >= 0.3 is 11.7 Å². The molecule has 7 rings (SSSR count). The van der Waals surface area contributed by atoms with Gasteiger partial charge in [-0.3, -0.25) is 34.5 Å². The average molecular weight is 882 g/mol. The number of urea groups is 1. The second kappa shape index (κ2) is 21.2. The van der Waals surface area contributed by atoms with Gasteiger partial charge in [-0.05, 0) is 59.2 Å². The van der Waals surface area contributed by atoms with E-state index in [1.807, 2.05) is 131 Å². The van der Waals surface area contributed by atoms with Gasteiger partial charge < -0.3 is 25.3 Å². The van der Waals surface area contributed by atoms with E-state index in [1.54, 1.807) is 27.2 Å². The van der Waals surface area contributed by atoms with Gasteiger partial charge in [-0.1, -0.05) is 119 Å². The Balaban J connectivity index is 1.15. The van der Waals surface area contributed by atoms with Crippen LogP contribution in [0.3, 0.4) is 0 Å². The number of para-hydroxylation sites is 1. The zero-order valence-electron chi connectivity index (χ0n) is 37.4. The molecule has 0 radical (unpaired) electrons. The summed E-state index contributed by atoms with van der Waals surface area (Å²) in [7, 11) is 0. The van der Waals surface area contributed by atoms with Crippen LogP contribution in [-0.4, -0.2) is 100 Å². The van der Waals surface area contributed by atoms with E-state index in [0.717, 1.165) is 38.9 Å². The predicted octanol–water partition coefficient (Wildman–Crippen LogP) is 6.05. The maximum absolute atomic E-state index is 14.7. The van der Waals surface area contributed by atoms with E-state index in [-0.39, 0.29) is 49.2 Å². The molecule has 1 aliphatic rings. The van der Waals surface area contributed by atoms with Crippen LogP contribution >= 0.6 is 0 Å². The summed E-state index contributed by atoms with van der Waals surface area (Å²) >= 11 is 0. The van der Waals surface area contributed by atoms with Crippen molar-refractivity contribution in [1.29, 1.82) is 0 Å². The van der Waals surface area contributed by atoms with E-state index in [9.17, 15) is 29.4 Å². The van der Waals surface area contributed by atoms with Crippen LogP contribution in [-0.2, 0) is 29.1 Å². The first-order chi connectivity index (χ1) is 31.4. The molecule has 6 atom stereocenters. The number of carbonyl (C=O) groups excluding carboxylic acids is 3. The number of carbonyl (C=O) groups is 3. The zero-order chi connectivity index (χ0) is 46.0. The third-order valence-corrected chi connectivity index (χ3v) is 12.6. The number of hydrogen-bond donors (Lipinski definition) is 5. The molecular weight excluding hydrogens is 823 g/mol. The summed E-state index contributed by atoms with van der Waals surface area (Å²) in [5, 5.41) is 28.2. The maximum Gasteiger partial charge on any atom is 0.329 e. The Bertz CT molecular complexity index is 2580. The number of aliphatic hydroxyl groups excluding tert-OH is 1. The van der Waals surface area contributed by atoms with E-state index < -0.39 is 35.8 Å². The summed E-state index contributed by atoms with van der Waals surface area (Å²) in [6.07, 6.45) is 4.87. The van der Waals surface area contributed by atoms with Gasteiger partial charge in [0.25, 0.3) is 5.91 Å². The first kappa shape index (κ1) is 46.2. The Morgan fingerprint density at radius 2 is 1.51 bits per heavy atom. The van der Waals surface area contributed by atoms with Gasteiger partial charge in [0, 0.05) is 56.1 Å². The number of amides is 4. The van der Waals surface area contributed by atoms with Gasteiger partial charge in [0.05, 0.1) is 29.6 Å². The van der Waals surface area contributed by atoms with E-state index in [1.165, 1.54) is 10.8 Å². The Morgan fingerprint density at radius 3 is 2.20 bits per heavy atom. The Morgan fingerprint density at radius 1 is 0.800 bits per heavy atom. The van der Waals surface area contributed by atoms with Crippen LogP contribution in [0.2, 0.25) is 0 Å². The van der Waals surface area contributed by atoms with Crippen molar-refractivity contribution in [1.82, 2.24) is 45.1 Å². The molecule has 0 saturated carbocycles. The minimum absolute atomic E-state index is 0.129. The molecule has 340 valence electrons. The van der Waals surface area contributed by atoms with Crippen molar-refractivity contribution in [3.8, 4) is 17.1 Å². The molecule has 6 unspecified atom stereocenters. The highest BCUT2D eigenvalue weighted by Crippen LogP contribution is 2.26. The number of aromatic amines is 1. The molecule has 6 aromatic rings. The summed E-state index contributed by atoms with van der Waals surface area (Å²) in [5.74, 6) is -1.79. The number of rotatable bonds is 20. The summed E-state index contributed by atoms with van der Waals surface area (Å²) in [6, 6.07) is 29.7. The lowest BCUT2D eigenvalue weighted by Crippen LogP contribution is -2.58. The molecule has 0 bridgehead atoms. The number of nitrogens with one attached hydrogen (secondary N) is 3. The predicted molar refractivity (Wildman–Crippen MR) is 249 cm³/mol. The van der Waals surface area contributed by atoms with E-state index >= 15 is 0 Å². The minimum Gasteiger partial charge on any atom is -0.493 e. The van der Waals surface area contributed by atoms with Crippen molar-refractivity contribution in [3.05, 3.63) is 149 Å². The van der Waals surface area contributed by atoms with Gasteiger partial charge in [0.15, 0.2) is 0 Å². The fourth-order valence-corrected chi connectivity index (χ4v) is 8.60. The highest BCUT2D eigenvalue weighted by Gasteiger charge is 2.41. The SMILES string of the molecule is CCC(C)C(C(=O)NC(Cc1ccccc1)C(O)CN(Cc1ccc(-c2ccccn2)cc1)NC(=O)C(C(C)CC)n1cc(O)[nH]c1=O)N1CCN(Cc2ccnc3ccccc23)C1=O. The Hall–Kier alpha value is -6.84. The van der Waals surface area contributed by atoms with Gasteiger partial charge in [-0.15, -0.1) is 0 Å². The fraction of sp³-hybridized carbons (Fsp3) is 0.360. The summed E-state index contributed by atoms with van der Waals surface area (Å²) in [6.45, 7) is 8.89. The smallest absolute Gasteiger partial charge is 0.329 e. The molecule has 4 amide bonds. The second-order valence-corrected chi connectivity index (χ2v) is 17.0. The first-order valence-electron chi connectivity index (χ1n) is 22.4. The third-order valence-electron chi connectivity index (χ3n) is 12.6.